The fraction of sp³-hybridized carbons (Fsp3) is 0.250. The van der Waals surface area contributed by atoms with Crippen LogP contribution in [0.2, 0.25) is 0 Å². The first-order valence-electron chi connectivity index (χ1n) is 6.85. The van der Waals surface area contributed by atoms with Gasteiger partial charge in [-0.15, -0.1) is 0 Å². The third-order valence-electron chi connectivity index (χ3n) is 2.92. The van der Waals surface area contributed by atoms with Gasteiger partial charge in [0.1, 0.15) is 5.75 Å². The number of rotatable bonds is 8. The molecule has 0 bridgehead atoms. The number of hydrogen-bond acceptors (Lipinski definition) is 4. The molecule has 0 fully saturated rings. The maximum atomic E-state index is 10.6. The Labute approximate surface area is 124 Å². The molecule has 2 rings (SSSR count). The molecule has 0 aliphatic rings. The first kappa shape index (κ1) is 15.0. The Kier molecular flexibility index (Phi) is 5.72. The van der Waals surface area contributed by atoms with Crippen molar-refractivity contribution in [2.24, 2.45) is 5.73 Å². The number of hydrogen-bond donors (Lipinski definition) is 2. The molecule has 3 N–H and O–H groups in total. The van der Waals surface area contributed by atoms with Crippen molar-refractivity contribution in [2.45, 2.75) is 13.0 Å². The predicted molar refractivity (Wildman–Crippen MR) is 80.8 cm³/mol. The van der Waals surface area contributed by atoms with E-state index >= 15 is 0 Å². The molecule has 5 heteroatoms. The Morgan fingerprint density at radius 3 is 2.67 bits per heavy atom. The quantitative estimate of drug-likeness (QED) is 0.716. The first-order valence-corrected chi connectivity index (χ1v) is 6.85. The SMILES string of the molecule is NC(=O)COc1ccc(CNCCc2ccccn2)cc1. The van der Waals surface area contributed by atoms with Gasteiger partial charge in [0, 0.05) is 31.4 Å². The van der Waals surface area contributed by atoms with Crippen LogP contribution in [0.4, 0.5) is 0 Å². The second-order valence-corrected chi connectivity index (χ2v) is 4.65. The lowest BCUT2D eigenvalue weighted by Gasteiger charge is -2.07. The van der Waals surface area contributed by atoms with Crippen LogP contribution < -0.4 is 15.8 Å². The molecule has 1 amide bonds. The topological polar surface area (TPSA) is 77.2 Å². The van der Waals surface area contributed by atoms with Crippen LogP contribution in [0.15, 0.2) is 48.7 Å². The highest BCUT2D eigenvalue weighted by Crippen LogP contribution is 2.11. The van der Waals surface area contributed by atoms with Crippen LogP contribution in [0.25, 0.3) is 0 Å². The normalized spacial score (nSPS) is 10.3. The number of aromatic nitrogens is 1. The summed E-state index contributed by atoms with van der Waals surface area (Å²) in [6, 6.07) is 13.5. The predicted octanol–water partition coefficient (Wildman–Crippen LogP) is 1.28. The Balaban J connectivity index is 1.70. The minimum Gasteiger partial charge on any atom is -0.484 e. The number of ether oxygens (including phenoxy) is 1. The average molecular weight is 285 g/mol. The van der Waals surface area contributed by atoms with Crippen LogP contribution in [0, 0.1) is 0 Å². The standard InChI is InChI=1S/C16H19N3O2/c17-16(20)12-21-15-6-4-13(5-7-15)11-18-10-8-14-3-1-2-9-19-14/h1-7,9,18H,8,10-12H2,(H2,17,20). The Hall–Kier alpha value is -2.40. The second kappa shape index (κ2) is 8.01. The smallest absolute Gasteiger partial charge is 0.255 e. The molecule has 0 saturated carbocycles. The van der Waals surface area contributed by atoms with Gasteiger partial charge in [0.05, 0.1) is 0 Å². The van der Waals surface area contributed by atoms with E-state index in [1.807, 2.05) is 42.5 Å². The maximum Gasteiger partial charge on any atom is 0.255 e. The van der Waals surface area contributed by atoms with E-state index in [0.717, 1.165) is 30.8 Å². The number of nitrogens with one attached hydrogen (secondary N) is 1. The van der Waals surface area contributed by atoms with Crippen LogP contribution in [0.5, 0.6) is 5.75 Å². The highest BCUT2D eigenvalue weighted by Gasteiger charge is 1.99. The van der Waals surface area contributed by atoms with Crippen molar-refractivity contribution < 1.29 is 9.53 Å². The number of carbonyl (C=O) groups excluding carboxylic acids is 1. The molecule has 2 aromatic rings. The van der Waals surface area contributed by atoms with Gasteiger partial charge in [0.15, 0.2) is 6.61 Å². The zero-order valence-electron chi connectivity index (χ0n) is 11.8. The zero-order valence-corrected chi connectivity index (χ0v) is 11.8. The fourth-order valence-corrected chi connectivity index (χ4v) is 1.85. The van der Waals surface area contributed by atoms with Crippen LogP contribution in [0.3, 0.4) is 0 Å². The van der Waals surface area contributed by atoms with E-state index in [-0.39, 0.29) is 6.61 Å². The number of nitrogens with zero attached hydrogens (tertiary/aromatic N) is 1. The van der Waals surface area contributed by atoms with E-state index in [4.69, 9.17) is 10.5 Å². The van der Waals surface area contributed by atoms with E-state index in [2.05, 4.69) is 10.3 Å². The lowest BCUT2D eigenvalue weighted by Crippen LogP contribution is -2.20. The monoisotopic (exact) mass is 285 g/mol. The van der Waals surface area contributed by atoms with Crippen molar-refractivity contribution in [3.63, 3.8) is 0 Å². The largest absolute Gasteiger partial charge is 0.484 e. The summed E-state index contributed by atoms with van der Waals surface area (Å²) >= 11 is 0. The van der Waals surface area contributed by atoms with Crippen molar-refractivity contribution in [1.29, 1.82) is 0 Å². The molecule has 0 radical (unpaired) electrons. The van der Waals surface area contributed by atoms with Gasteiger partial charge in [0.2, 0.25) is 0 Å². The molecule has 0 aliphatic heterocycles. The van der Waals surface area contributed by atoms with Crippen molar-refractivity contribution in [3.05, 3.63) is 59.9 Å². The molecular weight excluding hydrogens is 266 g/mol. The minimum atomic E-state index is -0.477. The number of amides is 1. The highest BCUT2D eigenvalue weighted by atomic mass is 16.5. The van der Waals surface area contributed by atoms with Crippen LogP contribution in [0.1, 0.15) is 11.3 Å². The highest BCUT2D eigenvalue weighted by molar-refractivity contribution is 5.75. The molecule has 0 unspecified atom stereocenters. The van der Waals surface area contributed by atoms with Gasteiger partial charge in [-0.25, -0.2) is 0 Å². The molecule has 0 spiro atoms. The number of carbonyl (C=O) groups is 1. The van der Waals surface area contributed by atoms with Gasteiger partial charge in [-0.05, 0) is 29.8 Å². The third-order valence-corrected chi connectivity index (χ3v) is 2.92. The molecule has 1 aromatic heterocycles. The van der Waals surface area contributed by atoms with Crippen molar-refractivity contribution >= 4 is 5.91 Å². The summed E-state index contributed by atoms with van der Waals surface area (Å²) in [7, 11) is 0. The summed E-state index contributed by atoms with van der Waals surface area (Å²) in [6.07, 6.45) is 2.71. The lowest BCUT2D eigenvalue weighted by atomic mass is 10.2. The molecule has 0 aliphatic carbocycles. The summed E-state index contributed by atoms with van der Waals surface area (Å²) in [6.45, 7) is 1.56. The van der Waals surface area contributed by atoms with Gasteiger partial charge < -0.3 is 15.8 Å². The molecule has 21 heavy (non-hydrogen) atoms. The van der Waals surface area contributed by atoms with E-state index in [0.29, 0.717) is 5.75 Å². The number of pyridine rings is 1. The Morgan fingerprint density at radius 1 is 1.19 bits per heavy atom. The van der Waals surface area contributed by atoms with E-state index < -0.39 is 5.91 Å². The first-order chi connectivity index (χ1) is 10.2. The number of benzene rings is 1. The zero-order chi connectivity index (χ0) is 14.9. The van der Waals surface area contributed by atoms with E-state index in [9.17, 15) is 4.79 Å². The van der Waals surface area contributed by atoms with Crippen LogP contribution in [-0.4, -0.2) is 24.0 Å². The summed E-state index contributed by atoms with van der Waals surface area (Å²) in [5.41, 5.74) is 7.26. The van der Waals surface area contributed by atoms with Gasteiger partial charge in [-0.3, -0.25) is 9.78 Å². The van der Waals surface area contributed by atoms with Crippen LogP contribution >= 0.6 is 0 Å². The number of nitrogens with two attached hydrogens (primary N) is 1. The minimum absolute atomic E-state index is 0.0956. The third kappa shape index (κ3) is 5.62. The molecule has 0 atom stereocenters. The van der Waals surface area contributed by atoms with Gasteiger partial charge in [-0.2, -0.15) is 0 Å². The van der Waals surface area contributed by atoms with Crippen LogP contribution in [-0.2, 0) is 17.8 Å². The lowest BCUT2D eigenvalue weighted by molar-refractivity contribution is -0.119. The fourth-order valence-electron chi connectivity index (χ4n) is 1.85. The van der Waals surface area contributed by atoms with E-state index in [1.54, 1.807) is 6.20 Å². The van der Waals surface area contributed by atoms with Gasteiger partial charge >= 0.3 is 0 Å². The molecule has 1 aromatic carbocycles. The van der Waals surface area contributed by atoms with Crippen molar-refractivity contribution in [1.82, 2.24) is 10.3 Å². The van der Waals surface area contributed by atoms with E-state index in [1.165, 1.54) is 0 Å². The molecule has 0 saturated heterocycles. The Morgan fingerprint density at radius 2 is 2.00 bits per heavy atom. The Bertz CT molecular complexity index is 555. The molecular formula is C16H19N3O2. The number of primary amides is 1. The van der Waals surface area contributed by atoms with Gasteiger partial charge in [0.25, 0.3) is 5.91 Å². The summed E-state index contributed by atoms with van der Waals surface area (Å²) in [4.78, 5) is 14.9. The summed E-state index contributed by atoms with van der Waals surface area (Å²) in [5, 5.41) is 3.36. The van der Waals surface area contributed by atoms with Crippen molar-refractivity contribution in [2.75, 3.05) is 13.2 Å². The summed E-state index contributed by atoms with van der Waals surface area (Å²) in [5.74, 6) is 0.168. The van der Waals surface area contributed by atoms with Crippen molar-refractivity contribution in [3.8, 4) is 5.75 Å². The molecule has 5 nitrogen and oxygen atoms in total. The molecule has 1 heterocycles. The maximum absolute atomic E-state index is 10.6. The second-order valence-electron chi connectivity index (χ2n) is 4.65. The van der Waals surface area contributed by atoms with Gasteiger partial charge in [-0.1, -0.05) is 18.2 Å². The average Bonchev–Trinajstić information content (AvgIpc) is 2.52. The molecule has 110 valence electrons. The summed E-state index contributed by atoms with van der Waals surface area (Å²) < 4.78 is 5.20.